The summed E-state index contributed by atoms with van der Waals surface area (Å²) in [6.45, 7) is 3.88. The summed E-state index contributed by atoms with van der Waals surface area (Å²) in [6.07, 6.45) is 1.57. The fourth-order valence-corrected chi connectivity index (χ4v) is 3.14. The smallest absolute Gasteiger partial charge is 0.0932 e. The maximum atomic E-state index is 11.0. The topological polar surface area (TPSA) is 23.5 Å². The summed E-state index contributed by atoms with van der Waals surface area (Å²) in [4.78, 5) is 2.35. The molecule has 1 aliphatic heterocycles. The molecule has 1 saturated heterocycles. The van der Waals surface area contributed by atoms with Gasteiger partial charge in [0.05, 0.1) is 5.60 Å². The van der Waals surface area contributed by atoms with Crippen LogP contribution in [0.4, 0.5) is 5.69 Å². The highest BCUT2D eigenvalue weighted by molar-refractivity contribution is 5.47. The fraction of sp³-hybridized carbons (Fsp3) is 0.333. The maximum Gasteiger partial charge on any atom is 0.0932 e. The lowest BCUT2D eigenvalue weighted by molar-refractivity contribution is 0.0112. The van der Waals surface area contributed by atoms with E-state index in [1.807, 2.05) is 18.2 Å². The number of para-hydroxylation sites is 1. The number of aryl methyl sites for hydroxylation is 1. The van der Waals surface area contributed by atoms with Crippen LogP contribution in [-0.4, -0.2) is 18.2 Å². The molecule has 2 aromatic carbocycles. The van der Waals surface area contributed by atoms with Gasteiger partial charge in [0.2, 0.25) is 0 Å². The van der Waals surface area contributed by atoms with Gasteiger partial charge in [-0.25, -0.2) is 0 Å². The van der Waals surface area contributed by atoms with Crippen molar-refractivity contribution < 1.29 is 5.11 Å². The van der Waals surface area contributed by atoms with Gasteiger partial charge in [0, 0.05) is 18.8 Å². The van der Waals surface area contributed by atoms with E-state index < -0.39 is 5.60 Å². The lowest BCUT2D eigenvalue weighted by atomic mass is 9.82. The molecule has 0 atom stereocenters. The van der Waals surface area contributed by atoms with E-state index >= 15 is 0 Å². The first kappa shape index (κ1) is 13.2. The van der Waals surface area contributed by atoms with E-state index in [2.05, 4.69) is 48.2 Å². The van der Waals surface area contributed by atoms with E-state index in [-0.39, 0.29) is 0 Å². The van der Waals surface area contributed by atoms with E-state index in [4.69, 9.17) is 0 Å². The predicted octanol–water partition coefficient (Wildman–Crippen LogP) is 3.48. The monoisotopic (exact) mass is 267 g/mol. The number of anilines is 1. The molecule has 0 aromatic heterocycles. The Morgan fingerprint density at radius 2 is 1.50 bits per heavy atom. The van der Waals surface area contributed by atoms with Crippen LogP contribution < -0.4 is 4.90 Å². The fourth-order valence-electron chi connectivity index (χ4n) is 3.14. The van der Waals surface area contributed by atoms with Crippen molar-refractivity contribution in [1.29, 1.82) is 0 Å². The highest BCUT2D eigenvalue weighted by atomic mass is 16.3. The molecular formula is C18H21NO. The van der Waals surface area contributed by atoms with E-state index in [0.29, 0.717) is 0 Å². The summed E-state index contributed by atoms with van der Waals surface area (Å²) in [6, 6.07) is 18.6. The molecular weight excluding hydrogens is 246 g/mol. The van der Waals surface area contributed by atoms with Crippen molar-refractivity contribution in [2.24, 2.45) is 0 Å². The van der Waals surface area contributed by atoms with Crippen LogP contribution in [-0.2, 0) is 5.60 Å². The average Bonchev–Trinajstić information content (AvgIpc) is 2.49. The summed E-state index contributed by atoms with van der Waals surface area (Å²) < 4.78 is 0. The Hall–Kier alpha value is -1.80. The first-order valence-electron chi connectivity index (χ1n) is 7.27. The van der Waals surface area contributed by atoms with Crippen molar-refractivity contribution in [1.82, 2.24) is 0 Å². The summed E-state index contributed by atoms with van der Waals surface area (Å²) >= 11 is 0. The van der Waals surface area contributed by atoms with Gasteiger partial charge >= 0.3 is 0 Å². The van der Waals surface area contributed by atoms with Crippen molar-refractivity contribution in [3.8, 4) is 0 Å². The number of nitrogens with zero attached hydrogens (tertiary/aromatic N) is 1. The lowest BCUT2D eigenvalue weighted by Gasteiger charge is -2.40. The lowest BCUT2D eigenvalue weighted by Crippen LogP contribution is -2.43. The van der Waals surface area contributed by atoms with Gasteiger partial charge in [-0.3, -0.25) is 0 Å². The Labute approximate surface area is 120 Å². The first-order chi connectivity index (χ1) is 9.69. The second-order valence-electron chi connectivity index (χ2n) is 5.67. The molecule has 0 bridgehead atoms. The quantitative estimate of drug-likeness (QED) is 0.900. The zero-order chi connectivity index (χ0) is 14.0. The van der Waals surface area contributed by atoms with E-state index in [9.17, 15) is 5.11 Å². The molecule has 1 fully saturated rings. The molecule has 2 nitrogen and oxygen atoms in total. The molecule has 104 valence electrons. The third-order valence-corrected chi connectivity index (χ3v) is 4.36. The van der Waals surface area contributed by atoms with Crippen molar-refractivity contribution in [3.05, 3.63) is 65.7 Å². The number of hydrogen-bond donors (Lipinski definition) is 1. The Balaban J connectivity index is 1.77. The zero-order valence-electron chi connectivity index (χ0n) is 11.9. The van der Waals surface area contributed by atoms with Crippen molar-refractivity contribution >= 4 is 5.69 Å². The molecule has 2 aromatic rings. The summed E-state index contributed by atoms with van der Waals surface area (Å²) in [5.41, 5.74) is 2.85. The normalized spacial score (nSPS) is 18.0. The van der Waals surface area contributed by atoms with Gasteiger partial charge in [-0.15, -0.1) is 0 Å². The van der Waals surface area contributed by atoms with E-state index in [1.165, 1.54) is 11.3 Å². The molecule has 1 aliphatic rings. The van der Waals surface area contributed by atoms with Crippen LogP contribution in [0.2, 0.25) is 0 Å². The third kappa shape index (κ3) is 2.44. The maximum absolute atomic E-state index is 11.0. The van der Waals surface area contributed by atoms with Crippen LogP contribution in [0, 0.1) is 6.92 Å². The van der Waals surface area contributed by atoms with Crippen LogP contribution in [0.1, 0.15) is 24.0 Å². The number of rotatable bonds is 2. The highest BCUT2D eigenvalue weighted by Gasteiger charge is 2.34. The third-order valence-electron chi connectivity index (χ3n) is 4.36. The Kier molecular flexibility index (Phi) is 3.49. The minimum Gasteiger partial charge on any atom is -0.385 e. The molecule has 1 heterocycles. The zero-order valence-corrected chi connectivity index (χ0v) is 11.9. The molecule has 0 aliphatic carbocycles. The number of piperidine rings is 1. The van der Waals surface area contributed by atoms with Crippen LogP contribution in [0.5, 0.6) is 0 Å². The molecule has 3 rings (SSSR count). The van der Waals surface area contributed by atoms with Gasteiger partial charge in [0.1, 0.15) is 0 Å². The molecule has 1 N–H and O–H groups in total. The minimum atomic E-state index is -0.670. The van der Waals surface area contributed by atoms with Crippen LogP contribution in [0.15, 0.2) is 54.6 Å². The standard InChI is InChI=1S/C18H21NO/c1-15-7-5-6-10-17(15)18(20)11-13-19(14-12-18)16-8-3-2-4-9-16/h2-10,20H,11-14H2,1H3. The number of hydrogen-bond acceptors (Lipinski definition) is 2. The largest absolute Gasteiger partial charge is 0.385 e. The second-order valence-corrected chi connectivity index (χ2v) is 5.67. The van der Waals surface area contributed by atoms with Crippen LogP contribution in [0.3, 0.4) is 0 Å². The SMILES string of the molecule is Cc1ccccc1C1(O)CCN(c2ccccc2)CC1. The van der Waals surface area contributed by atoms with E-state index in [0.717, 1.165) is 31.5 Å². The summed E-state index contributed by atoms with van der Waals surface area (Å²) in [5.74, 6) is 0. The van der Waals surface area contributed by atoms with Gasteiger partial charge in [-0.05, 0) is 43.0 Å². The Morgan fingerprint density at radius 3 is 2.15 bits per heavy atom. The Morgan fingerprint density at radius 1 is 0.900 bits per heavy atom. The van der Waals surface area contributed by atoms with Gasteiger partial charge < -0.3 is 10.0 Å². The number of benzene rings is 2. The summed E-state index contributed by atoms with van der Waals surface area (Å²) in [7, 11) is 0. The van der Waals surface area contributed by atoms with Crippen molar-refractivity contribution in [2.45, 2.75) is 25.4 Å². The van der Waals surface area contributed by atoms with Gasteiger partial charge in [-0.2, -0.15) is 0 Å². The van der Waals surface area contributed by atoms with Crippen molar-refractivity contribution in [3.63, 3.8) is 0 Å². The van der Waals surface area contributed by atoms with Gasteiger partial charge in [-0.1, -0.05) is 42.5 Å². The molecule has 0 spiro atoms. The molecule has 0 saturated carbocycles. The number of aliphatic hydroxyl groups is 1. The van der Waals surface area contributed by atoms with Gasteiger partial charge in [0.15, 0.2) is 0 Å². The van der Waals surface area contributed by atoms with Crippen LogP contribution >= 0.6 is 0 Å². The molecule has 0 unspecified atom stereocenters. The average molecular weight is 267 g/mol. The minimum absolute atomic E-state index is 0.670. The highest BCUT2D eigenvalue weighted by Crippen LogP contribution is 2.35. The molecule has 0 radical (unpaired) electrons. The second kappa shape index (κ2) is 5.29. The van der Waals surface area contributed by atoms with E-state index in [1.54, 1.807) is 0 Å². The first-order valence-corrected chi connectivity index (χ1v) is 7.27. The van der Waals surface area contributed by atoms with Crippen molar-refractivity contribution in [2.75, 3.05) is 18.0 Å². The Bertz CT molecular complexity index is 571. The molecule has 0 amide bonds. The molecule has 2 heteroatoms. The van der Waals surface area contributed by atoms with Crippen LogP contribution in [0.25, 0.3) is 0 Å². The molecule has 20 heavy (non-hydrogen) atoms. The predicted molar refractivity (Wildman–Crippen MR) is 83.0 cm³/mol. The van der Waals surface area contributed by atoms with Gasteiger partial charge in [0.25, 0.3) is 0 Å². The summed E-state index contributed by atoms with van der Waals surface area (Å²) in [5, 5.41) is 11.0.